The third-order valence-electron chi connectivity index (χ3n) is 3.54. The maximum Gasteiger partial charge on any atom is 0.275 e. The van der Waals surface area contributed by atoms with Crippen molar-refractivity contribution in [2.24, 2.45) is 7.05 Å². The lowest BCUT2D eigenvalue weighted by molar-refractivity contribution is 0.101. The van der Waals surface area contributed by atoms with Crippen molar-refractivity contribution in [3.05, 3.63) is 63.5 Å². The van der Waals surface area contributed by atoms with Gasteiger partial charge in [0.25, 0.3) is 5.91 Å². The summed E-state index contributed by atoms with van der Waals surface area (Å²) in [7, 11) is 1.73. The van der Waals surface area contributed by atoms with Crippen molar-refractivity contribution >= 4 is 34.9 Å². The summed E-state index contributed by atoms with van der Waals surface area (Å²) in [5.74, 6) is 0.312. The Labute approximate surface area is 149 Å². The van der Waals surface area contributed by atoms with Crippen molar-refractivity contribution < 1.29 is 4.79 Å². The summed E-state index contributed by atoms with van der Waals surface area (Å²) in [4.78, 5) is 12.4. The number of carbonyl (C=O) groups is 1. The SMILES string of the molecule is Cc1cc(C(=O)Nc2ccnn2Cc2cccc(Cl)c2Cl)n(C)n1. The Balaban J connectivity index is 1.82. The van der Waals surface area contributed by atoms with Gasteiger partial charge in [-0.05, 0) is 24.6 Å². The molecule has 1 aromatic carbocycles. The molecule has 24 heavy (non-hydrogen) atoms. The third kappa shape index (κ3) is 3.29. The number of anilines is 1. The van der Waals surface area contributed by atoms with Crippen LogP contribution in [-0.4, -0.2) is 25.5 Å². The Morgan fingerprint density at radius 2 is 2.08 bits per heavy atom. The molecule has 0 atom stereocenters. The van der Waals surface area contributed by atoms with Gasteiger partial charge in [0.15, 0.2) is 0 Å². The molecule has 0 aliphatic rings. The quantitative estimate of drug-likeness (QED) is 0.770. The topological polar surface area (TPSA) is 64.7 Å². The molecule has 3 aromatic rings. The number of nitrogens with zero attached hydrogens (tertiary/aromatic N) is 4. The van der Waals surface area contributed by atoms with Crippen LogP contribution in [-0.2, 0) is 13.6 Å². The minimum Gasteiger partial charge on any atom is -0.305 e. The Kier molecular flexibility index (Phi) is 4.59. The summed E-state index contributed by atoms with van der Waals surface area (Å²) in [5.41, 5.74) is 2.07. The molecule has 2 aromatic heterocycles. The fourth-order valence-electron chi connectivity index (χ4n) is 2.40. The van der Waals surface area contributed by atoms with Gasteiger partial charge >= 0.3 is 0 Å². The Morgan fingerprint density at radius 1 is 1.29 bits per heavy atom. The number of hydrogen-bond acceptors (Lipinski definition) is 3. The number of amides is 1. The van der Waals surface area contributed by atoms with E-state index in [1.807, 2.05) is 19.1 Å². The van der Waals surface area contributed by atoms with Crippen LogP contribution in [0.25, 0.3) is 0 Å². The van der Waals surface area contributed by atoms with Crippen molar-refractivity contribution in [3.8, 4) is 0 Å². The van der Waals surface area contributed by atoms with E-state index in [2.05, 4.69) is 15.5 Å². The molecule has 3 rings (SSSR count). The number of benzene rings is 1. The number of aromatic nitrogens is 4. The first-order valence-corrected chi connectivity index (χ1v) is 7.98. The zero-order chi connectivity index (χ0) is 17.3. The molecule has 0 fully saturated rings. The molecule has 0 saturated heterocycles. The van der Waals surface area contributed by atoms with Crippen molar-refractivity contribution in [1.29, 1.82) is 0 Å². The second-order valence-electron chi connectivity index (χ2n) is 5.34. The van der Waals surface area contributed by atoms with Gasteiger partial charge in [0.2, 0.25) is 0 Å². The predicted octanol–water partition coefficient (Wildman–Crippen LogP) is 3.53. The van der Waals surface area contributed by atoms with Crippen LogP contribution in [0.2, 0.25) is 10.0 Å². The van der Waals surface area contributed by atoms with Crippen LogP contribution < -0.4 is 5.32 Å². The standard InChI is InChI=1S/C16H15Cl2N5O/c1-10-8-13(22(2)21-10)16(24)20-14-6-7-19-23(14)9-11-4-3-5-12(17)15(11)18/h3-8H,9H2,1-2H3,(H,20,24). The predicted molar refractivity (Wildman–Crippen MR) is 93.7 cm³/mol. The van der Waals surface area contributed by atoms with E-state index in [0.717, 1.165) is 11.3 Å². The van der Waals surface area contributed by atoms with Crippen LogP contribution in [0.15, 0.2) is 36.5 Å². The number of rotatable bonds is 4. The van der Waals surface area contributed by atoms with Crippen LogP contribution in [0.3, 0.4) is 0 Å². The maximum atomic E-state index is 12.4. The molecule has 124 valence electrons. The summed E-state index contributed by atoms with van der Waals surface area (Å²) in [5, 5.41) is 12.2. The van der Waals surface area contributed by atoms with Gasteiger partial charge in [0.05, 0.1) is 28.5 Å². The first kappa shape index (κ1) is 16.5. The molecule has 1 N–H and O–H groups in total. The highest BCUT2D eigenvalue weighted by Gasteiger charge is 2.15. The van der Waals surface area contributed by atoms with Gasteiger partial charge in [-0.1, -0.05) is 35.3 Å². The first-order valence-electron chi connectivity index (χ1n) is 7.22. The molecule has 0 bridgehead atoms. The molecule has 2 heterocycles. The number of halogens is 2. The summed E-state index contributed by atoms with van der Waals surface area (Å²) < 4.78 is 3.19. The summed E-state index contributed by atoms with van der Waals surface area (Å²) in [6, 6.07) is 8.86. The van der Waals surface area contributed by atoms with E-state index >= 15 is 0 Å². The van der Waals surface area contributed by atoms with Crippen LogP contribution in [0.5, 0.6) is 0 Å². The van der Waals surface area contributed by atoms with E-state index in [4.69, 9.17) is 23.2 Å². The van der Waals surface area contributed by atoms with E-state index in [1.165, 1.54) is 0 Å². The smallest absolute Gasteiger partial charge is 0.275 e. The van der Waals surface area contributed by atoms with Crippen LogP contribution in [0.1, 0.15) is 21.7 Å². The molecule has 8 heteroatoms. The van der Waals surface area contributed by atoms with E-state index in [0.29, 0.717) is 28.1 Å². The fourth-order valence-corrected chi connectivity index (χ4v) is 2.78. The van der Waals surface area contributed by atoms with E-state index < -0.39 is 0 Å². The van der Waals surface area contributed by atoms with E-state index in [9.17, 15) is 4.79 Å². The molecular formula is C16H15Cl2N5O. The lowest BCUT2D eigenvalue weighted by Crippen LogP contribution is -2.19. The van der Waals surface area contributed by atoms with Gasteiger partial charge in [-0.3, -0.25) is 9.48 Å². The Morgan fingerprint density at radius 3 is 2.79 bits per heavy atom. The average molecular weight is 364 g/mol. The minimum atomic E-state index is -0.253. The molecule has 0 radical (unpaired) electrons. The summed E-state index contributed by atoms with van der Waals surface area (Å²) in [6.45, 7) is 2.23. The average Bonchev–Trinajstić information content (AvgIpc) is 3.10. The number of aryl methyl sites for hydroxylation is 2. The maximum absolute atomic E-state index is 12.4. The minimum absolute atomic E-state index is 0.253. The van der Waals surface area contributed by atoms with Crippen molar-refractivity contribution in [2.45, 2.75) is 13.5 Å². The molecule has 6 nitrogen and oxygen atoms in total. The second-order valence-corrected chi connectivity index (χ2v) is 6.12. The zero-order valence-corrected chi connectivity index (χ0v) is 14.6. The second kappa shape index (κ2) is 6.67. The van der Waals surface area contributed by atoms with Gasteiger partial charge in [-0.25, -0.2) is 4.68 Å². The highest BCUT2D eigenvalue weighted by atomic mass is 35.5. The molecule has 0 unspecified atom stereocenters. The van der Waals surface area contributed by atoms with E-state index in [1.54, 1.807) is 40.8 Å². The lowest BCUT2D eigenvalue weighted by atomic mass is 10.2. The fraction of sp³-hybridized carbons (Fsp3) is 0.188. The molecule has 1 amide bonds. The molecular weight excluding hydrogens is 349 g/mol. The molecule has 0 aliphatic heterocycles. The summed E-state index contributed by atoms with van der Waals surface area (Å²) in [6.07, 6.45) is 1.61. The first-order chi connectivity index (χ1) is 11.5. The molecule has 0 aliphatic carbocycles. The normalized spacial score (nSPS) is 10.8. The van der Waals surface area contributed by atoms with Gasteiger partial charge in [-0.2, -0.15) is 10.2 Å². The van der Waals surface area contributed by atoms with Gasteiger partial charge in [0.1, 0.15) is 11.5 Å². The van der Waals surface area contributed by atoms with Crippen molar-refractivity contribution in [1.82, 2.24) is 19.6 Å². The summed E-state index contributed by atoms with van der Waals surface area (Å²) >= 11 is 12.3. The highest BCUT2D eigenvalue weighted by molar-refractivity contribution is 6.42. The Bertz CT molecular complexity index is 900. The van der Waals surface area contributed by atoms with E-state index in [-0.39, 0.29) is 5.91 Å². The van der Waals surface area contributed by atoms with Crippen LogP contribution >= 0.6 is 23.2 Å². The van der Waals surface area contributed by atoms with Crippen molar-refractivity contribution in [3.63, 3.8) is 0 Å². The van der Waals surface area contributed by atoms with Gasteiger partial charge < -0.3 is 5.32 Å². The third-order valence-corrected chi connectivity index (χ3v) is 4.40. The van der Waals surface area contributed by atoms with Gasteiger partial charge in [0, 0.05) is 13.1 Å². The van der Waals surface area contributed by atoms with Crippen molar-refractivity contribution in [2.75, 3.05) is 5.32 Å². The number of nitrogens with one attached hydrogen (secondary N) is 1. The van der Waals surface area contributed by atoms with Gasteiger partial charge in [-0.15, -0.1) is 0 Å². The highest BCUT2D eigenvalue weighted by Crippen LogP contribution is 2.26. The largest absolute Gasteiger partial charge is 0.305 e. The number of hydrogen-bond donors (Lipinski definition) is 1. The Hall–Kier alpha value is -2.31. The molecule has 0 saturated carbocycles. The van der Waals surface area contributed by atoms with Crippen LogP contribution in [0.4, 0.5) is 5.82 Å². The monoisotopic (exact) mass is 363 g/mol. The molecule has 0 spiro atoms. The lowest BCUT2D eigenvalue weighted by Gasteiger charge is -2.11. The number of carbonyl (C=O) groups excluding carboxylic acids is 1. The van der Waals surface area contributed by atoms with Crippen LogP contribution in [0, 0.1) is 6.92 Å². The zero-order valence-electron chi connectivity index (χ0n) is 13.1.